The van der Waals surface area contributed by atoms with Crippen molar-refractivity contribution in [1.29, 1.82) is 0 Å². The van der Waals surface area contributed by atoms with Gasteiger partial charge in [-0.05, 0) is 0 Å². The molecule has 0 rings (SSSR count). The lowest BCUT2D eigenvalue weighted by Gasteiger charge is -2.11. The minimum atomic E-state index is -1.11. The molecule has 0 saturated heterocycles. The van der Waals surface area contributed by atoms with Crippen molar-refractivity contribution in [3.63, 3.8) is 0 Å². The van der Waals surface area contributed by atoms with Crippen molar-refractivity contribution >= 4 is 5.97 Å². The predicted octanol–water partition coefficient (Wildman–Crippen LogP) is -0.491. The van der Waals surface area contributed by atoms with Crippen LogP contribution in [-0.2, 0) is 14.4 Å². The Morgan fingerprint density at radius 3 is 2.69 bits per heavy atom. The molecule has 0 amide bonds. The van der Waals surface area contributed by atoms with Crippen LogP contribution in [0.4, 0.5) is 0 Å². The van der Waals surface area contributed by atoms with Crippen LogP contribution in [0.5, 0.6) is 0 Å². The van der Waals surface area contributed by atoms with E-state index in [1.54, 1.807) is 6.92 Å². The zero-order valence-electron chi connectivity index (χ0n) is 7.13. The van der Waals surface area contributed by atoms with Crippen LogP contribution in [0.3, 0.4) is 0 Å². The topological polar surface area (TPSA) is 98.9 Å². The highest BCUT2D eigenvalue weighted by Crippen LogP contribution is 1.94. The lowest BCUT2D eigenvalue weighted by atomic mass is 10.4. The fraction of sp³-hybridized carbons (Fsp3) is 0.833. The molecule has 0 aromatic heterocycles. The second-order valence-electron chi connectivity index (χ2n) is 2.17. The van der Waals surface area contributed by atoms with Crippen molar-refractivity contribution in [3.05, 3.63) is 10.1 Å². The number of hydrogen-bond acceptors (Lipinski definition) is 6. The van der Waals surface area contributed by atoms with Crippen molar-refractivity contribution in [2.75, 3.05) is 13.2 Å². The van der Waals surface area contributed by atoms with Crippen molar-refractivity contribution in [2.45, 2.75) is 19.4 Å². The Bertz CT molecular complexity index is 182. The Balaban J connectivity index is 3.71. The molecule has 1 N–H and O–H groups in total. The molecule has 0 aliphatic heterocycles. The molecule has 0 heterocycles. The largest absolute Gasteiger partial charge is 0.463 e. The Morgan fingerprint density at radius 1 is 1.69 bits per heavy atom. The van der Waals surface area contributed by atoms with E-state index < -0.39 is 23.8 Å². The SMILES string of the molecule is CCC(=O)OC[C@H](CO)O[N+](=O)[O-]. The summed E-state index contributed by atoms with van der Waals surface area (Å²) in [6.07, 6.45) is -0.929. The van der Waals surface area contributed by atoms with Crippen LogP contribution in [-0.4, -0.2) is 35.5 Å². The average molecular weight is 193 g/mol. The van der Waals surface area contributed by atoms with Crippen molar-refractivity contribution in [2.24, 2.45) is 0 Å². The van der Waals surface area contributed by atoms with Gasteiger partial charge in [-0.25, -0.2) is 0 Å². The first-order chi connectivity index (χ1) is 6.10. The second kappa shape index (κ2) is 6.18. The van der Waals surface area contributed by atoms with Gasteiger partial charge in [-0.2, -0.15) is 0 Å². The van der Waals surface area contributed by atoms with E-state index in [9.17, 15) is 14.9 Å². The van der Waals surface area contributed by atoms with Crippen LogP contribution >= 0.6 is 0 Å². The Labute approximate surface area is 74.4 Å². The van der Waals surface area contributed by atoms with E-state index in [2.05, 4.69) is 9.57 Å². The number of esters is 1. The third-order valence-corrected chi connectivity index (χ3v) is 1.16. The van der Waals surface area contributed by atoms with Gasteiger partial charge in [0.1, 0.15) is 6.61 Å². The van der Waals surface area contributed by atoms with Gasteiger partial charge in [0.2, 0.25) is 0 Å². The number of hydrogen-bond donors (Lipinski definition) is 1. The molecule has 0 unspecified atom stereocenters. The Morgan fingerprint density at radius 2 is 2.31 bits per heavy atom. The third-order valence-electron chi connectivity index (χ3n) is 1.16. The summed E-state index contributed by atoms with van der Waals surface area (Å²) >= 11 is 0. The van der Waals surface area contributed by atoms with Crippen LogP contribution in [0.25, 0.3) is 0 Å². The summed E-state index contributed by atoms with van der Waals surface area (Å²) < 4.78 is 4.52. The summed E-state index contributed by atoms with van der Waals surface area (Å²) in [5, 5.41) is 17.3. The highest BCUT2D eigenvalue weighted by molar-refractivity contribution is 5.68. The minimum absolute atomic E-state index is 0.177. The molecule has 0 bridgehead atoms. The molecule has 0 aromatic rings. The van der Waals surface area contributed by atoms with Gasteiger partial charge >= 0.3 is 5.97 Å². The maximum absolute atomic E-state index is 10.6. The number of aliphatic hydroxyl groups excluding tert-OH is 1. The van der Waals surface area contributed by atoms with Gasteiger partial charge in [0.25, 0.3) is 5.09 Å². The summed E-state index contributed by atoms with van der Waals surface area (Å²) in [5.41, 5.74) is 0. The molecule has 0 spiro atoms. The predicted molar refractivity (Wildman–Crippen MR) is 40.2 cm³/mol. The number of nitrogens with zero attached hydrogens (tertiary/aromatic N) is 1. The summed E-state index contributed by atoms with van der Waals surface area (Å²) in [7, 11) is 0. The van der Waals surface area contributed by atoms with E-state index in [0.29, 0.717) is 0 Å². The molecule has 0 radical (unpaired) electrons. The quantitative estimate of drug-likeness (QED) is 0.347. The Hall–Kier alpha value is -1.37. The van der Waals surface area contributed by atoms with Crippen LogP contribution in [0.15, 0.2) is 0 Å². The van der Waals surface area contributed by atoms with Gasteiger partial charge in [0.15, 0.2) is 6.10 Å². The summed E-state index contributed by atoms with van der Waals surface area (Å²) in [6, 6.07) is 0. The van der Waals surface area contributed by atoms with Gasteiger partial charge in [0, 0.05) is 6.42 Å². The van der Waals surface area contributed by atoms with E-state index in [1.807, 2.05) is 0 Å². The van der Waals surface area contributed by atoms with Gasteiger partial charge in [0.05, 0.1) is 6.61 Å². The number of aliphatic hydroxyl groups is 1. The number of rotatable bonds is 6. The molecular formula is C6H11NO6. The highest BCUT2D eigenvalue weighted by atomic mass is 17.0. The molecule has 76 valence electrons. The molecule has 0 aliphatic rings. The summed E-state index contributed by atoms with van der Waals surface area (Å²) in [6.45, 7) is 0.701. The molecule has 0 aromatic carbocycles. The van der Waals surface area contributed by atoms with Crippen LogP contribution in [0.1, 0.15) is 13.3 Å². The van der Waals surface area contributed by atoms with Crippen LogP contribution in [0, 0.1) is 10.1 Å². The molecule has 0 saturated carbocycles. The smallest absolute Gasteiger partial charge is 0.305 e. The second-order valence-corrected chi connectivity index (χ2v) is 2.17. The van der Waals surface area contributed by atoms with Gasteiger partial charge in [-0.1, -0.05) is 6.92 Å². The Kier molecular flexibility index (Phi) is 5.53. The fourth-order valence-electron chi connectivity index (χ4n) is 0.526. The zero-order valence-corrected chi connectivity index (χ0v) is 7.13. The summed E-state index contributed by atoms with van der Waals surface area (Å²) in [4.78, 5) is 24.4. The number of carbonyl (C=O) groups is 1. The number of carbonyl (C=O) groups excluding carboxylic acids is 1. The monoisotopic (exact) mass is 193 g/mol. The maximum Gasteiger partial charge on any atom is 0.305 e. The van der Waals surface area contributed by atoms with E-state index >= 15 is 0 Å². The molecule has 7 heteroatoms. The van der Waals surface area contributed by atoms with E-state index in [-0.39, 0.29) is 13.0 Å². The van der Waals surface area contributed by atoms with Crippen LogP contribution in [0.2, 0.25) is 0 Å². The van der Waals surface area contributed by atoms with Crippen molar-refractivity contribution < 1.29 is 24.6 Å². The molecule has 7 nitrogen and oxygen atoms in total. The third kappa shape index (κ3) is 5.85. The maximum atomic E-state index is 10.6. The first-order valence-corrected chi connectivity index (χ1v) is 3.67. The molecule has 13 heavy (non-hydrogen) atoms. The van der Waals surface area contributed by atoms with Gasteiger partial charge in [-0.3, -0.25) is 4.79 Å². The van der Waals surface area contributed by atoms with E-state index in [0.717, 1.165) is 0 Å². The van der Waals surface area contributed by atoms with Gasteiger partial charge < -0.3 is 14.7 Å². The normalized spacial score (nSPS) is 11.8. The first-order valence-electron chi connectivity index (χ1n) is 3.67. The lowest BCUT2D eigenvalue weighted by Crippen LogP contribution is -2.27. The standard InChI is InChI=1S/C6H11NO6/c1-2-6(9)12-4-5(3-8)13-7(10)11/h5,8H,2-4H2,1H3/t5-/m0/s1. The molecular weight excluding hydrogens is 182 g/mol. The van der Waals surface area contributed by atoms with E-state index in [1.165, 1.54) is 0 Å². The number of ether oxygens (including phenoxy) is 1. The molecule has 1 atom stereocenters. The first kappa shape index (κ1) is 11.6. The zero-order chi connectivity index (χ0) is 10.3. The van der Waals surface area contributed by atoms with E-state index in [4.69, 9.17) is 5.11 Å². The van der Waals surface area contributed by atoms with Crippen molar-refractivity contribution in [3.8, 4) is 0 Å². The van der Waals surface area contributed by atoms with Crippen LogP contribution < -0.4 is 0 Å². The van der Waals surface area contributed by atoms with Gasteiger partial charge in [-0.15, -0.1) is 10.1 Å². The molecule has 0 fully saturated rings. The average Bonchev–Trinajstić information content (AvgIpc) is 2.10. The molecule has 0 aliphatic carbocycles. The highest BCUT2D eigenvalue weighted by Gasteiger charge is 2.13. The summed E-state index contributed by atoms with van der Waals surface area (Å²) in [5.74, 6) is -0.495. The minimum Gasteiger partial charge on any atom is -0.463 e. The fourth-order valence-corrected chi connectivity index (χ4v) is 0.526. The van der Waals surface area contributed by atoms with Crippen molar-refractivity contribution in [1.82, 2.24) is 0 Å². The lowest BCUT2D eigenvalue weighted by molar-refractivity contribution is -0.769.